The van der Waals surface area contributed by atoms with Crippen LogP contribution in [0.15, 0.2) is 24.3 Å². The fourth-order valence-corrected chi connectivity index (χ4v) is 4.38. The van der Waals surface area contributed by atoms with Gasteiger partial charge < -0.3 is 19.5 Å². The van der Waals surface area contributed by atoms with Crippen molar-refractivity contribution in [2.45, 2.75) is 56.3 Å². The van der Waals surface area contributed by atoms with Crippen molar-refractivity contribution in [3.8, 4) is 0 Å². The summed E-state index contributed by atoms with van der Waals surface area (Å²) in [5.41, 5.74) is -0.682. The molecule has 1 N–H and O–H groups in total. The standard InChI is InChI=1S/C20H23F6NO4/c1-30-16(20(24,25)26)12-2-4-13(5-3-12)27-9-8-18(17(27)29)7-6-14(28)15(10-18)31-11-19(21,22)23/h2-5,14-16,28H,6-11H2,1H3/t14-,15-,16+,18-/m0/s1. The summed E-state index contributed by atoms with van der Waals surface area (Å²) in [7, 11) is 0.953. The number of carbonyl (C=O) groups excluding carboxylic acids is 1. The van der Waals surface area contributed by atoms with Gasteiger partial charge in [-0.1, -0.05) is 12.1 Å². The second-order valence-corrected chi connectivity index (χ2v) is 8.01. The number of amides is 1. The SMILES string of the molecule is CO[C@H](c1ccc(N2CC[C@]3(CC[C@H](O)[C@@H](OCC(F)(F)F)C3)C2=O)cc1)C(F)(F)F. The minimum absolute atomic E-state index is 0.0442. The van der Waals surface area contributed by atoms with Crippen LogP contribution >= 0.6 is 0 Å². The summed E-state index contributed by atoms with van der Waals surface area (Å²) >= 11 is 0. The van der Waals surface area contributed by atoms with Crippen molar-refractivity contribution in [2.75, 3.05) is 25.2 Å². The maximum Gasteiger partial charge on any atom is 0.418 e. The van der Waals surface area contributed by atoms with Gasteiger partial charge >= 0.3 is 12.4 Å². The highest BCUT2D eigenvalue weighted by atomic mass is 19.4. The van der Waals surface area contributed by atoms with Crippen LogP contribution in [-0.4, -0.2) is 55.8 Å². The smallest absolute Gasteiger partial charge is 0.390 e. The fourth-order valence-electron chi connectivity index (χ4n) is 4.38. The number of alkyl halides is 6. The van der Waals surface area contributed by atoms with E-state index in [9.17, 15) is 36.2 Å². The van der Waals surface area contributed by atoms with E-state index >= 15 is 0 Å². The Morgan fingerprint density at radius 1 is 1.16 bits per heavy atom. The van der Waals surface area contributed by atoms with Crippen LogP contribution in [0.1, 0.15) is 37.4 Å². The molecular weight excluding hydrogens is 432 g/mol. The van der Waals surface area contributed by atoms with Gasteiger partial charge in [0.25, 0.3) is 0 Å². The van der Waals surface area contributed by atoms with Crippen molar-refractivity contribution in [3.05, 3.63) is 29.8 Å². The van der Waals surface area contributed by atoms with Crippen molar-refractivity contribution in [2.24, 2.45) is 5.41 Å². The first-order valence-corrected chi connectivity index (χ1v) is 9.74. The predicted molar refractivity (Wildman–Crippen MR) is 97.3 cm³/mol. The number of methoxy groups -OCH3 is 1. The molecule has 2 fully saturated rings. The first kappa shape index (κ1) is 23.8. The first-order chi connectivity index (χ1) is 14.4. The van der Waals surface area contributed by atoms with Crippen LogP contribution in [0.5, 0.6) is 0 Å². The van der Waals surface area contributed by atoms with Gasteiger partial charge in [0, 0.05) is 19.3 Å². The Hall–Kier alpha value is -1.85. The third-order valence-corrected chi connectivity index (χ3v) is 5.95. The van der Waals surface area contributed by atoms with Gasteiger partial charge in [-0.2, -0.15) is 26.3 Å². The zero-order valence-corrected chi connectivity index (χ0v) is 16.7. The third-order valence-electron chi connectivity index (χ3n) is 5.95. The second kappa shape index (κ2) is 8.59. The average molecular weight is 455 g/mol. The molecule has 1 aliphatic carbocycles. The predicted octanol–water partition coefficient (Wildman–Crippen LogP) is 4.15. The van der Waals surface area contributed by atoms with Crippen molar-refractivity contribution in [1.29, 1.82) is 0 Å². The maximum atomic E-state index is 13.1. The van der Waals surface area contributed by atoms with E-state index < -0.39 is 42.7 Å². The number of rotatable bonds is 5. The van der Waals surface area contributed by atoms with Gasteiger partial charge in [-0.15, -0.1) is 0 Å². The average Bonchev–Trinajstić information content (AvgIpc) is 2.98. The van der Waals surface area contributed by atoms with E-state index in [2.05, 4.69) is 4.74 Å². The van der Waals surface area contributed by atoms with Crippen LogP contribution in [-0.2, 0) is 14.3 Å². The summed E-state index contributed by atoms with van der Waals surface area (Å²) < 4.78 is 85.9. The van der Waals surface area contributed by atoms with Gasteiger partial charge in [0.2, 0.25) is 5.91 Å². The quantitative estimate of drug-likeness (QED) is 0.678. The molecule has 1 aliphatic heterocycles. The Morgan fingerprint density at radius 2 is 1.81 bits per heavy atom. The van der Waals surface area contributed by atoms with Gasteiger partial charge in [-0.3, -0.25) is 4.79 Å². The lowest BCUT2D eigenvalue weighted by molar-refractivity contribution is -0.216. The molecule has 0 radical (unpaired) electrons. The molecule has 11 heteroatoms. The first-order valence-electron chi connectivity index (χ1n) is 9.74. The van der Waals surface area contributed by atoms with Crippen molar-refractivity contribution >= 4 is 11.6 Å². The Morgan fingerprint density at radius 3 is 2.35 bits per heavy atom. The van der Waals surface area contributed by atoms with E-state index in [4.69, 9.17) is 4.74 Å². The zero-order chi connectivity index (χ0) is 23.0. The number of anilines is 1. The number of aliphatic hydroxyl groups excluding tert-OH is 1. The second-order valence-electron chi connectivity index (χ2n) is 8.01. The highest BCUT2D eigenvalue weighted by Crippen LogP contribution is 2.47. The molecule has 31 heavy (non-hydrogen) atoms. The lowest BCUT2D eigenvalue weighted by atomic mass is 9.70. The van der Waals surface area contributed by atoms with Gasteiger partial charge in [0.15, 0.2) is 6.10 Å². The van der Waals surface area contributed by atoms with E-state index in [0.29, 0.717) is 18.5 Å². The van der Waals surface area contributed by atoms with E-state index in [1.165, 1.54) is 29.2 Å². The minimum atomic E-state index is -4.59. The van der Waals surface area contributed by atoms with E-state index in [1.54, 1.807) is 0 Å². The van der Waals surface area contributed by atoms with Crippen LogP contribution < -0.4 is 4.90 Å². The van der Waals surface area contributed by atoms with Crippen molar-refractivity contribution in [3.63, 3.8) is 0 Å². The van der Waals surface area contributed by atoms with Crippen LogP contribution in [0.3, 0.4) is 0 Å². The van der Waals surface area contributed by atoms with Gasteiger partial charge in [-0.25, -0.2) is 0 Å². The lowest BCUT2D eigenvalue weighted by Gasteiger charge is -2.39. The monoisotopic (exact) mass is 455 g/mol. The number of halogens is 6. The molecule has 4 atom stereocenters. The minimum Gasteiger partial charge on any atom is -0.390 e. The number of carbonyl (C=O) groups is 1. The summed E-state index contributed by atoms with van der Waals surface area (Å²) in [5, 5.41) is 10.0. The Balaban J connectivity index is 1.73. The molecule has 2 aliphatic rings. The normalized spacial score (nSPS) is 28.4. The molecule has 3 rings (SSSR count). The molecule has 0 unspecified atom stereocenters. The topological polar surface area (TPSA) is 59.0 Å². The molecular formula is C20H23F6NO4. The Labute approximate surface area is 174 Å². The molecule has 5 nitrogen and oxygen atoms in total. The number of hydrogen-bond acceptors (Lipinski definition) is 4. The number of ether oxygens (including phenoxy) is 2. The fraction of sp³-hybridized carbons (Fsp3) is 0.650. The molecule has 1 saturated heterocycles. The molecule has 1 spiro atoms. The number of aliphatic hydroxyl groups is 1. The number of benzene rings is 1. The molecule has 0 aromatic heterocycles. The Bertz CT molecular complexity index is 781. The van der Waals surface area contributed by atoms with E-state index in [1.807, 2.05) is 0 Å². The summed E-state index contributed by atoms with van der Waals surface area (Å²) in [6.45, 7) is -1.24. The largest absolute Gasteiger partial charge is 0.418 e. The summed E-state index contributed by atoms with van der Waals surface area (Å²) in [4.78, 5) is 14.5. The number of nitrogens with zero attached hydrogens (tertiary/aromatic N) is 1. The summed E-state index contributed by atoms with van der Waals surface area (Å²) in [6.07, 6.45) is -12.7. The van der Waals surface area contributed by atoms with Crippen LogP contribution in [0, 0.1) is 5.41 Å². The highest BCUT2D eigenvalue weighted by Gasteiger charge is 2.52. The molecule has 1 aromatic rings. The molecule has 1 aromatic carbocycles. The Kier molecular flexibility index (Phi) is 6.60. The third kappa shape index (κ3) is 5.15. The van der Waals surface area contributed by atoms with E-state index in [-0.39, 0.29) is 30.9 Å². The maximum absolute atomic E-state index is 13.1. The van der Waals surface area contributed by atoms with Crippen molar-refractivity contribution in [1.82, 2.24) is 0 Å². The molecule has 0 bridgehead atoms. The van der Waals surface area contributed by atoms with Gasteiger partial charge in [0.05, 0.1) is 17.6 Å². The lowest BCUT2D eigenvalue weighted by Crippen LogP contribution is -2.46. The molecule has 174 valence electrons. The van der Waals surface area contributed by atoms with Crippen LogP contribution in [0.2, 0.25) is 0 Å². The summed E-state index contributed by atoms with van der Waals surface area (Å²) in [6, 6.07) is 5.24. The summed E-state index contributed by atoms with van der Waals surface area (Å²) in [5.74, 6) is -0.327. The highest BCUT2D eigenvalue weighted by molar-refractivity contribution is 6.00. The van der Waals surface area contributed by atoms with Gasteiger partial charge in [0.1, 0.15) is 6.61 Å². The van der Waals surface area contributed by atoms with Crippen molar-refractivity contribution < 1.29 is 45.7 Å². The zero-order valence-electron chi connectivity index (χ0n) is 16.7. The van der Waals surface area contributed by atoms with Gasteiger partial charge in [-0.05, 0) is 43.4 Å². The molecule has 1 saturated carbocycles. The van der Waals surface area contributed by atoms with Crippen LogP contribution in [0.4, 0.5) is 32.0 Å². The number of hydrogen-bond donors (Lipinski definition) is 1. The van der Waals surface area contributed by atoms with Crippen LogP contribution in [0.25, 0.3) is 0 Å². The molecule has 1 amide bonds. The van der Waals surface area contributed by atoms with E-state index in [0.717, 1.165) is 7.11 Å². The molecule has 1 heterocycles.